The van der Waals surface area contributed by atoms with Crippen molar-refractivity contribution in [3.8, 4) is 11.5 Å². The van der Waals surface area contributed by atoms with Crippen LogP contribution in [0, 0.1) is 13.8 Å². The van der Waals surface area contributed by atoms with Gasteiger partial charge in [0.1, 0.15) is 12.4 Å². The molecular formula is C21H23N3O4. The van der Waals surface area contributed by atoms with Crippen molar-refractivity contribution in [2.75, 3.05) is 7.11 Å². The first-order chi connectivity index (χ1) is 13.5. The van der Waals surface area contributed by atoms with Crippen molar-refractivity contribution < 1.29 is 18.8 Å². The lowest BCUT2D eigenvalue weighted by Crippen LogP contribution is -2.27. The molecule has 28 heavy (non-hydrogen) atoms. The first-order valence-corrected chi connectivity index (χ1v) is 8.94. The van der Waals surface area contributed by atoms with Crippen LogP contribution in [-0.2, 0) is 6.61 Å². The van der Waals surface area contributed by atoms with Crippen LogP contribution in [0.25, 0.3) is 0 Å². The highest BCUT2D eigenvalue weighted by molar-refractivity contribution is 5.95. The van der Waals surface area contributed by atoms with Crippen LogP contribution in [0.1, 0.15) is 46.0 Å². The highest BCUT2D eigenvalue weighted by Crippen LogP contribution is 2.29. The number of aryl methyl sites for hydroxylation is 2. The van der Waals surface area contributed by atoms with Crippen LogP contribution < -0.4 is 14.8 Å². The van der Waals surface area contributed by atoms with Gasteiger partial charge in [-0.25, -0.2) is 0 Å². The third kappa shape index (κ3) is 4.31. The second-order valence-electron chi connectivity index (χ2n) is 6.41. The van der Waals surface area contributed by atoms with Gasteiger partial charge in [0.15, 0.2) is 11.5 Å². The molecule has 146 valence electrons. The Morgan fingerprint density at radius 2 is 2.04 bits per heavy atom. The molecule has 0 aliphatic rings. The summed E-state index contributed by atoms with van der Waals surface area (Å²) in [4.78, 5) is 16.8. The van der Waals surface area contributed by atoms with Gasteiger partial charge in [-0.05, 0) is 51.1 Å². The van der Waals surface area contributed by atoms with Crippen molar-refractivity contribution in [1.29, 1.82) is 0 Å². The molecule has 1 aromatic carbocycles. The predicted molar refractivity (Wildman–Crippen MR) is 103 cm³/mol. The maximum absolute atomic E-state index is 12.6. The summed E-state index contributed by atoms with van der Waals surface area (Å²) in [7, 11) is 1.54. The van der Waals surface area contributed by atoms with E-state index >= 15 is 0 Å². The number of aromatic nitrogens is 2. The van der Waals surface area contributed by atoms with Gasteiger partial charge in [-0.1, -0.05) is 11.2 Å². The van der Waals surface area contributed by atoms with E-state index in [1.54, 1.807) is 24.4 Å². The second kappa shape index (κ2) is 8.56. The van der Waals surface area contributed by atoms with E-state index in [1.807, 2.05) is 39.0 Å². The third-order valence-electron chi connectivity index (χ3n) is 4.46. The fourth-order valence-corrected chi connectivity index (χ4v) is 2.77. The molecule has 0 bridgehead atoms. The molecule has 0 saturated carbocycles. The van der Waals surface area contributed by atoms with Gasteiger partial charge in [-0.2, -0.15) is 0 Å². The van der Waals surface area contributed by atoms with E-state index < -0.39 is 0 Å². The maximum atomic E-state index is 12.6. The van der Waals surface area contributed by atoms with E-state index in [0.29, 0.717) is 23.7 Å². The van der Waals surface area contributed by atoms with Crippen LogP contribution in [0.3, 0.4) is 0 Å². The average molecular weight is 381 g/mol. The second-order valence-corrected chi connectivity index (χ2v) is 6.41. The van der Waals surface area contributed by atoms with Gasteiger partial charge in [0.05, 0.1) is 30.1 Å². The molecule has 1 unspecified atom stereocenters. The molecule has 3 aromatic rings. The number of rotatable bonds is 7. The first-order valence-electron chi connectivity index (χ1n) is 8.94. The number of ether oxygens (including phenoxy) is 2. The first kappa shape index (κ1) is 19.4. The van der Waals surface area contributed by atoms with Gasteiger partial charge in [0, 0.05) is 11.8 Å². The van der Waals surface area contributed by atoms with Gasteiger partial charge < -0.3 is 19.3 Å². The molecule has 0 aliphatic heterocycles. The number of amides is 1. The topological polar surface area (TPSA) is 86.5 Å². The molecule has 1 amide bonds. The minimum atomic E-state index is -0.214. The summed E-state index contributed by atoms with van der Waals surface area (Å²) < 4.78 is 16.4. The number of methoxy groups -OCH3 is 1. The Morgan fingerprint density at radius 3 is 2.68 bits per heavy atom. The van der Waals surface area contributed by atoms with Gasteiger partial charge in [-0.15, -0.1) is 0 Å². The van der Waals surface area contributed by atoms with Crippen LogP contribution in [0.4, 0.5) is 0 Å². The van der Waals surface area contributed by atoms with E-state index in [0.717, 1.165) is 22.7 Å². The zero-order chi connectivity index (χ0) is 20.1. The van der Waals surface area contributed by atoms with E-state index in [2.05, 4.69) is 15.5 Å². The number of hydrogen-bond acceptors (Lipinski definition) is 6. The maximum Gasteiger partial charge on any atom is 0.251 e. The Bertz CT molecular complexity index is 934. The van der Waals surface area contributed by atoms with Crippen molar-refractivity contribution in [1.82, 2.24) is 15.5 Å². The molecule has 0 fully saturated rings. The molecular weight excluding hydrogens is 358 g/mol. The number of hydrogen-bond donors (Lipinski definition) is 1. The van der Waals surface area contributed by atoms with E-state index in [-0.39, 0.29) is 11.9 Å². The van der Waals surface area contributed by atoms with Gasteiger partial charge >= 0.3 is 0 Å². The molecule has 0 radical (unpaired) electrons. The summed E-state index contributed by atoms with van der Waals surface area (Å²) in [5.74, 6) is 1.52. The van der Waals surface area contributed by atoms with Crippen LogP contribution >= 0.6 is 0 Å². The lowest BCUT2D eigenvalue weighted by molar-refractivity contribution is 0.0938. The lowest BCUT2D eigenvalue weighted by atomic mass is 10.1. The van der Waals surface area contributed by atoms with Crippen molar-refractivity contribution in [2.24, 2.45) is 0 Å². The van der Waals surface area contributed by atoms with E-state index in [9.17, 15) is 4.79 Å². The molecule has 0 spiro atoms. The van der Waals surface area contributed by atoms with Crippen LogP contribution in [0.5, 0.6) is 11.5 Å². The summed E-state index contributed by atoms with van der Waals surface area (Å²) in [5.41, 5.74) is 2.95. The molecule has 0 aliphatic carbocycles. The Balaban J connectivity index is 1.71. The Kier molecular flexibility index (Phi) is 5.93. The number of carbonyl (C=O) groups is 1. The van der Waals surface area contributed by atoms with Gasteiger partial charge in [0.25, 0.3) is 5.91 Å². The van der Waals surface area contributed by atoms with Crippen molar-refractivity contribution >= 4 is 5.91 Å². The van der Waals surface area contributed by atoms with Crippen molar-refractivity contribution in [3.05, 3.63) is 70.9 Å². The highest BCUT2D eigenvalue weighted by atomic mass is 16.5. The summed E-state index contributed by atoms with van der Waals surface area (Å²) in [6, 6.07) is 10.5. The van der Waals surface area contributed by atoms with Crippen LogP contribution in [0.2, 0.25) is 0 Å². The third-order valence-corrected chi connectivity index (χ3v) is 4.46. The van der Waals surface area contributed by atoms with E-state index in [4.69, 9.17) is 14.0 Å². The fraction of sp³-hybridized carbons (Fsp3) is 0.286. The van der Waals surface area contributed by atoms with Crippen LogP contribution in [0.15, 0.2) is 47.1 Å². The molecule has 7 heteroatoms. The summed E-state index contributed by atoms with van der Waals surface area (Å²) in [6.45, 7) is 5.90. The molecule has 3 rings (SSSR count). The Hall–Kier alpha value is -3.35. The van der Waals surface area contributed by atoms with E-state index in [1.165, 1.54) is 7.11 Å². The lowest BCUT2D eigenvalue weighted by Gasteiger charge is -2.15. The highest BCUT2D eigenvalue weighted by Gasteiger charge is 2.16. The van der Waals surface area contributed by atoms with Crippen molar-refractivity contribution in [3.63, 3.8) is 0 Å². The largest absolute Gasteiger partial charge is 0.493 e. The summed E-state index contributed by atoms with van der Waals surface area (Å²) in [6.07, 6.45) is 1.70. The standard InChI is InChI=1S/C21H23N3O4/c1-13-17(15(3)28-24-13)12-27-19-9-8-16(11-20(19)26-4)21(25)23-14(2)18-7-5-6-10-22-18/h5-11,14H,12H2,1-4H3,(H,23,25). The molecule has 7 nitrogen and oxygen atoms in total. The fourth-order valence-electron chi connectivity index (χ4n) is 2.77. The Labute approximate surface area is 163 Å². The quantitative estimate of drug-likeness (QED) is 0.670. The zero-order valence-corrected chi connectivity index (χ0v) is 16.4. The minimum absolute atomic E-state index is 0.213. The SMILES string of the molecule is COc1cc(C(=O)NC(C)c2ccccn2)ccc1OCc1c(C)noc1C. The minimum Gasteiger partial charge on any atom is -0.493 e. The summed E-state index contributed by atoms with van der Waals surface area (Å²) in [5, 5.41) is 6.85. The van der Waals surface area contributed by atoms with Crippen LogP contribution in [-0.4, -0.2) is 23.2 Å². The van der Waals surface area contributed by atoms with Crippen molar-refractivity contribution in [2.45, 2.75) is 33.4 Å². The zero-order valence-electron chi connectivity index (χ0n) is 16.4. The molecule has 1 atom stereocenters. The van der Waals surface area contributed by atoms with Gasteiger partial charge in [0.2, 0.25) is 0 Å². The number of pyridine rings is 1. The smallest absolute Gasteiger partial charge is 0.251 e. The summed E-state index contributed by atoms with van der Waals surface area (Å²) >= 11 is 0. The normalized spacial score (nSPS) is 11.7. The van der Waals surface area contributed by atoms with Gasteiger partial charge in [-0.3, -0.25) is 9.78 Å². The average Bonchev–Trinajstić information content (AvgIpc) is 3.04. The number of carbonyl (C=O) groups excluding carboxylic acids is 1. The predicted octanol–water partition coefficient (Wildman–Crippen LogP) is 3.77. The molecule has 1 N–H and O–H groups in total. The number of benzene rings is 1. The molecule has 2 aromatic heterocycles. The number of nitrogens with zero attached hydrogens (tertiary/aromatic N) is 2. The number of nitrogens with one attached hydrogen (secondary N) is 1. The molecule has 2 heterocycles. The monoisotopic (exact) mass is 381 g/mol. The Morgan fingerprint density at radius 1 is 1.21 bits per heavy atom. The molecule has 0 saturated heterocycles.